The Morgan fingerprint density at radius 1 is 0.367 bits per heavy atom. The van der Waals surface area contributed by atoms with Gasteiger partial charge in [0.25, 0.3) is 0 Å². The molecule has 0 bridgehead atoms. The lowest BCUT2D eigenvalue weighted by Gasteiger charge is -2.40. The van der Waals surface area contributed by atoms with Crippen LogP contribution in [-0.2, 0) is 5.41 Å². The number of halogens is 1. The van der Waals surface area contributed by atoms with Gasteiger partial charge in [-0.3, -0.25) is 0 Å². The third kappa shape index (κ3) is 6.93. The molecule has 0 amide bonds. The van der Waals surface area contributed by atoms with E-state index in [0.29, 0.717) is 5.02 Å². The van der Waals surface area contributed by atoms with Gasteiger partial charge < -0.3 is 19.0 Å². The number of ether oxygens (including phenoxy) is 1. The average Bonchev–Trinajstić information content (AvgIpc) is 4.21. The van der Waals surface area contributed by atoms with Crippen LogP contribution < -0.4 is 14.5 Å². The molecule has 0 N–H and O–H groups in total. The first-order chi connectivity index (χ1) is 39.1. The van der Waals surface area contributed by atoms with Crippen molar-refractivity contribution in [3.8, 4) is 44.9 Å². The van der Waals surface area contributed by atoms with Crippen LogP contribution in [0.1, 0.15) is 22.3 Å². The van der Waals surface area contributed by atoms with E-state index in [-0.39, 0.29) is 0 Å². The van der Waals surface area contributed by atoms with Gasteiger partial charge >= 0.3 is 0 Å². The molecule has 14 aromatic rings. The van der Waals surface area contributed by atoms with Gasteiger partial charge in [0.15, 0.2) is 0 Å². The lowest BCUT2D eigenvalue weighted by molar-refractivity contribution is 0.436. The van der Waals surface area contributed by atoms with Gasteiger partial charge in [-0.05, 0) is 119 Å². The number of furan rings is 1. The molecule has 0 saturated carbocycles. The second-order valence-corrected chi connectivity index (χ2v) is 21.9. The van der Waals surface area contributed by atoms with E-state index in [0.717, 1.165) is 118 Å². The Morgan fingerprint density at radius 3 is 1.77 bits per heavy atom. The first-order valence-electron chi connectivity index (χ1n) is 26.7. The van der Waals surface area contributed by atoms with Gasteiger partial charge in [0.2, 0.25) is 0 Å². The molecule has 4 nitrogen and oxygen atoms in total. The molecule has 79 heavy (non-hydrogen) atoms. The summed E-state index contributed by atoms with van der Waals surface area (Å²) in [7, 11) is 0. The van der Waals surface area contributed by atoms with Crippen molar-refractivity contribution >= 4 is 99.2 Å². The maximum Gasteiger partial charge on any atom is 0.143 e. The minimum atomic E-state index is -0.808. The predicted molar refractivity (Wildman–Crippen MR) is 329 cm³/mol. The molecule has 3 heterocycles. The highest BCUT2D eigenvalue weighted by Gasteiger charge is 2.52. The molecule has 1 atom stereocenters. The second kappa shape index (κ2) is 18.0. The molecule has 0 unspecified atom stereocenters. The molecule has 0 saturated heterocycles. The largest absolute Gasteiger partial charge is 0.457 e. The van der Waals surface area contributed by atoms with E-state index in [9.17, 15) is 0 Å². The fourth-order valence-electron chi connectivity index (χ4n) is 12.9. The van der Waals surface area contributed by atoms with Crippen molar-refractivity contribution in [1.29, 1.82) is 0 Å². The monoisotopic (exact) mass is 1050 g/mol. The van der Waals surface area contributed by atoms with E-state index in [1.165, 1.54) is 25.7 Å². The van der Waals surface area contributed by atoms with Crippen molar-refractivity contribution in [2.45, 2.75) is 5.41 Å². The maximum atomic E-state index is 7.28. The maximum absolute atomic E-state index is 7.28. The van der Waals surface area contributed by atoms with Gasteiger partial charge in [-0.2, -0.15) is 0 Å². The Hall–Kier alpha value is -9.65. The van der Waals surface area contributed by atoms with Gasteiger partial charge in [0.05, 0.1) is 16.8 Å². The minimum absolute atomic E-state index is 0.666. The normalized spacial score (nSPS) is 14.0. The quantitative estimate of drug-likeness (QED) is 0.152. The Bertz CT molecular complexity index is 4730. The number of hydrogen-bond acceptors (Lipinski definition) is 5. The van der Waals surface area contributed by atoms with E-state index in [4.69, 9.17) is 20.8 Å². The van der Waals surface area contributed by atoms with Crippen molar-refractivity contribution in [1.82, 2.24) is 0 Å². The topological polar surface area (TPSA) is 28.9 Å². The highest BCUT2D eigenvalue weighted by atomic mass is 35.5. The Balaban J connectivity index is 0.950. The number of fused-ring (bicyclic) bond motifs is 15. The first-order valence-corrected chi connectivity index (χ1v) is 27.9. The van der Waals surface area contributed by atoms with Crippen LogP contribution >= 0.6 is 22.9 Å². The number of benzene rings is 12. The van der Waals surface area contributed by atoms with Crippen LogP contribution in [0.25, 0.3) is 75.5 Å². The smallest absolute Gasteiger partial charge is 0.143 e. The SMILES string of the molecule is Clc1ccc2c(c1)-c1c(N(c3ccccc3)c3cc(-c4ccccc4)c4oc5ccccc5c4c3)cccc1[C@]21c2ccccc2Oc2cc(N(c3ccccc3)c3ccc4sc5ccccc5c4c3-c3ccccc3)ccc21. The summed E-state index contributed by atoms with van der Waals surface area (Å²) in [5.74, 6) is 1.59. The van der Waals surface area contributed by atoms with Gasteiger partial charge in [0.1, 0.15) is 22.7 Å². The van der Waals surface area contributed by atoms with Crippen molar-refractivity contribution < 1.29 is 9.15 Å². The highest BCUT2D eigenvalue weighted by Crippen LogP contribution is 2.65. The van der Waals surface area contributed by atoms with Crippen molar-refractivity contribution in [3.63, 3.8) is 0 Å². The number of hydrogen-bond donors (Lipinski definition) is 0. The molecule has 1 aliphatic heterocycles. The first kappa shape index (κ1) is 45.5. The molecule has 372 valence electrons. The summed E-state index contributed by atoms with van der Waals surface area (Å²) in [5, 5.41) is 5.28. The molecule has 0 fully saturated rings. The molecular formula is C73H45ClN2O2S. The number of para-hydroxylation sites is 4. The zero-order valence-electron chi connectivity index (χ0n) is 42.5. The predicted octanol–water partition coefficient (Wildman–Crippen LogP) is 21.3. The molecule has 2 aliphatic rings. The minimum Gasteiger partial charge on any atom is -0.457 e. The van der Waals surface area contributed by atoms with Crippen LogP contribution in [0.4, 0.5) is 34.1 Å². The fourth-order valence-corrected chi connectivity index (χ4v) is 14.2. The van der Waals surface area contributed by atoms with Crippen LogP contribution in [0, 0.1) is 0 Å². The molecule has 1 aliphatic carbocycles. The number of nitrogens with zero attached hydrogens (tertiary/aromatic N) is 2. The van der Waals surface area contributed by atoms with Crippen LogP contribution in [-0.4, -0.2) is 0 Å². The average molecular weight is 1050 g/mol. The summed E-state index contributed by atoms with van der Waals surface area (Å²) in [6, 6.07) is 97.9. The standard InChI is InChI=1S/C73H45ClN2O2S/c74-48-36-38-58-57(42-48)70-61(31-19-32-62(70)76(50-26-11-4-12-27-50)52-43-55(46-20-5-1-6-21-46)72-56(44-52)53-28-13-16-33-64(53)78-72)73(58)59-30-15-17-34-65(59)77-66-45-51(37-39-60(66)73)75(49-24-9-3-10-25-49)63-40-41-68-71(54-29-14-18-35-67(54)79-68)69(63)47-22-7-2-8-23-47/h1-45H/t73-/m0/s1. The Labute approximate surface area is 465 Å². The van der Waals surface area contributed by atoms with E-state index in [1.54, 1.807) is 0 Å². The molecular weight excluding hydrogens is 1000 g/mol. The lowest BCUT2D eigenvalue weighted by Crippen LogP contribution is -2.32. The summed E-state index contributed by atoms with van der Waals surface area (Å²) in [4.78, 5) is 4.82. The number of rotatable bonds is 8. The molecule has 0 radical (unpaired) electrons. The summed E-state index contributed by atoms with van der Waals surface area (Å²) in [6.07, 6.45) is 0. The second-order valence-electron chi connectivity index (χ2n) is 20.4. The summed E-state index contributed by atoms with van der Waals surface area (Å²) >= 11 is 9.06. The van der Waals surface area contributed by atoms with Crippen molar-refractivity contribution in [2.24, 2.45) is 0 Å². The zero-order chi connectivity index (χ0) is 52.2. The third-order valence-corrected chi connectivity index (χ3v) is 17.5. The highest BCUT2D eigenvalue weighted by molar-refractivity contribution is 7.26. The molecule has 1 spiro atoms. The lowest BCUT2D eigenvalue weighted by atomic mass is 9.66. The van der Waals surface area contributed by atoms with Crippen LogP contribution in [0.15, 0.2) is 277 Å². The van der Waals surface area contributed by atoms with Crippen LogP contribution in [0.3, 0.4) is 0 Å². The van der Waals surface area contributed by atoms with E-state index >= 15 is 0 Å². The van der Waals surface area contributed by atoms with Gasteiger partial charge in [0, 0.05) is 92.6 Å². The van der Waals surface area contributed by atoms with Crippen molar-refractivity contribution in [2.75, 3.05) is 9.80 Å². The summed E-state index contributed by atoms with van der Waals surface area (Å²) < 4.78 is 16.5. The molecule has 6 heteroatoms. The van der Waals surface area contributed by atoms with Gasteiger partial charge in [-0.15, -0.1) is 11.3 Å². The number of thiophene rings is 1. The molecule has 16 rings (SSSR count). The zero-order valence-corrected chi connectivity index (χ0v) is 44.1. The Morgan fingerprint density at radius 2 is 0.987 bits per heavy atom. The molecule has 2 aromatic heterocycles. The van der Waals surface area contributed by atoms with Gasteiger partial charge in [-0.25, -0.2) is 0 Å². The van der Waals surface area contributed by atoms with E-state index in [2.05, 4.69) is 271 Å². The number of anilines is 6. The Kier molecular flexibility index (Phi) is 10.4. The summed E-state index contributed by atoms with van der Waals surface area (Å²) in [5.41, 5.74) is 18.1. The van der Waals surface area contributed by atoms with Gasteiger partial charge in [-0.1, -0.05) is 188 Å². The van der Waals surface area contributed by atoms with E-state index < -0.39 is 5.41 Å². The van der Waals surface area contributed by atoms with Crippen molar-refractivity contribution in [3.05, 3.63) is 300 Å². The third-order valence-electron chi connectivity index (χ3n) is 16.1. The fraction of sp³-hybridized carbons (Fsp3) is 0.0137. The van der Waals surface area contributed by atoms with Crippen LogP contribution in [0.5, 0.6) is 11.5 Å². The van der Waals surface area contributed by atoms with Crippen LogP contribution in [0.2, 0.25) is 5.02 Å². The van der Waals surface area contributed by atoms with E-state index in [1.807, 2.05) is 23.5 Å². The molecule has 12 aromatic carbocycles. The summed E-state index contributed by atoms with van der Waals surface area (Å²) in [6.45, 7) is 0.